The first-order valence-corrected chi connectivity index (χ1v) is 12.5. The van der Waals surface area contributed by atoms with E-state index < -0.39 is 11.8 Å². The van der Waals surface area contributed by atoms with E-state index >= 15 is 0 Å². The van der Waals surface area contributed by atoms with Crippen LogP contribution in [0, 0.1) is 0 Å². The number of hydrogen-bond acceptors (Lipinski definition) is 5. The molecule has 0 spiro atoms. The largest absolute Gasteiger partial charge is 0.493 e. The number of unbranched alkanes of at least 4 members (excludes halogenated alkanes) is 1. The summed E-state index contributed by atoms with van der Waals surface area (Å²) in [5, 5.41) is 4.50. The van der Waals surface area contributed by atoms with Crippen molar-refractivity contribution in [1.29, 1.82) is 0 Å². The van der Waals surface area contributed by atoms with Gasteiger partial charge in [0.05, 0.1) is 16.6 Å². The lowest BCUT2D eigenvalue weighted by Crippen LogP contribution is -2.49. The summed E-state index contributed by atoms with van der Waals surface area (Å²) in [6.07, 6.45) is 1.86. The SMILES string of the molecule is CCCCOc1ccc(Br)cc1C(=O)NC(=S)NNC(=O)COc1ccc2ccccc2c1Br. The molecule has 0 atom stereocenters. The maximum Gasteiger partial charge on any atom is 0.276 e. The molecule has 0 aliphatic carbocycles. The average molecular weight is 609 g/mol. The van der Waals surface area contributed by atoms with Crippen LogP contribution in [0.1, 0.15) is 30.1 Å². The number of fused-ring (bicyclic) bond motifs is 1. The number of thiocarbonyl (C=S) groups is 1. The Balaban J connectivity index is 1.50. The van der Waals surface area contributed by atoms with Crippen LogP contribution in [0.15, 0.2) is 63.5 Å². The van der Waals surface area contributed by atoms with E-state index in [1.54, 1.807) is 24.3 Å². The van der Waals surface area contributed by atoms with Crippen molar-refractivity contribution in [2.75, 3.05) is 13.2 Å². The highest BCUT2D eigenvalue weighted by molar-refractivity contribution is 9.11. The van der Waals surface area contributed by atoms with Crippen LogP contribution in [0.4, 0.5) is 0 Å². The highest BCUT2D eigenvalue weighted by Crippen LogP contribution is 2.33. The molecule has 0 saturated carbocycles. The summed E-state index contributed by atoms with van der Waals surface area (Å²) in [7, 11) is 0. The van der Waals surface area contributed by atoms with Gasteiger partial charge in [-0.05, 0) is 69.6 Å². The van der Waals surface area contributed by atoms with Crippen molar-refractivity contribution in [3.05, 3.63) is 69.1 Å². The van der Waals surface area contributed by atoms with Gasteiger partial charge in [-0.2, -0.15) is 0 Å². The molecule has 3 aromatic carbocycles. The summed E-state index contributed by atoms with van der Waals surface area (Å²) >= 11 is 12.0. The van der Waals surface area contributed by atoms with E-state index in [-0.39, 0.29) is 11.7 Å². The zero-order chi connectivity index (χ0) is 24.5. The number of carbonyl (C=O) groups excluding carboxylic acids is 2. The van der Waals surface area contributed by atoms with Gasteiger partial charge in [0.15, 0.2) is 11.7 Å². The second-order valence-corrected chi connectivity index (χ2v) is 9.30. The first kappa shape index (κ1) is 25.9. The van der Waals surface area contributed by atoms with Crippen molar-refractivity contribution in [3.8, 4) is 11.5 Å². The van der Waals surface area contributed by atoms with Crippen molar-refractivity contribution in [3.63, 3.8) is 0 Å². The van der Waals surface area contributed by atoms with Crippen LogP contribution in [0.3, 0.4) is 0 Å². The smallest absolute Gasteiger partial charge is 0.276 e. The van der Waals surface area contributed by atoms with Gasteiger partial charge in [-0.15, -0.1) is 0 Å². The predicted octanol–water partition coefficient (Wildman–Crippen LogP) is 5.26. The Bertz CT molecular complexity index is 1210. The number of hydrazine groups is 1. The second-order valence-electron chi connectivity index (χ2n) is 7.19. The molecule has 178 valence electrons. The van der Waals surface area contributed by atoms with Gasteiger partial charge in [0, 0.05) is 4.47 Å². The highest BCUT2D eigenvalue weighted by atomic mass is 79.9. The lowest BCUT2D eigenvalue weighted by Gasteiger charge is -2.14. The molecule has 10 heteroatoms. The predicted molar refractivity (Wildman–Crippen MR) is 143 cm³/mol. The van der Waals surface area contributed by atoms with E-state index in [1.165, 1.54) is 0 Å². The number of halogens is 2. The Morgan fingerprint density at radius 2 is 1.74 bits per heavy atom. The minimum atomic E-state index is -0.470. The second kappa shape index (κ2) is 12.7. The third-order valence-electron chi connectivity index (χ3n) is 4.67. The molecule has 0 fully saturated rings. The van der Waals surface area contributed by atoms with Gasteiger partial charge < -0.3 is 9.47 Å². The monoisotopic (exact) mass is 607 g/mol. The molecule has 34 heavy (non-hydrogen) atoms. The van der Waals surface area contributed by atoms with Crippen molar-refractivity contribution < 1.29 is 19.1 Å². The molecule has 0 radical (unpaired) electrons. The molecule has 3 aromatic rings. The summed E-state index contributed by atoms with van der Waals surface area (Å²) < 4.78 is 12.8. The van der Waals surface area contributed by atoms with Gasteiger partial charge in [0.25, 0.3) is 11.8 Å². The molecule has 0 aliphatic rings. The van der Waals surface area contributed by atoms with E-state index in [0.717, 1.165) is 32.6 Å². The quantitative estimate of drug-likeness (QED) is 0.184. The van der Waals surface area contributed by atoms with E-state index in [2.05, 4.69) is 55.0 Å². The molecular formula is C24H23Br2N3O4S. The summed E-state index contributed by atoms with van der Waals surface area (Å²) in [5.74, 6) is 0.0592. The van der Waals surface area contributed by atoms with Gasteiger partial charge in [-0.1, -0.05) is 59.6 Å². The molecule has 2 amide bonds. The maximum absolute atomic E-state index is 12.7. The Morgan fingerprint density at radius 1 is 0.971 bits per heavy atom. The molecule has 0 aliphatic heterocycles. The lowest BCUT2D eigenvalue weighted by atomic mass is 10.1. The van der Waals surface area contributed by atoms with Gasteiger partial charge >= 0.3 is 0 Å². The summed E-state index contributed by atoms with van der Waals surface area (Å²) in [4.78, 5) is 24.9. The standard InChI is InChI=1S/C24H23Br2N3O4S/c1-2-3-12-32-19-11-9-16(25)13-18(19)23(31)27-24(34)29-28-21(30)14-33-20-10-8-15-6-4-5-7-17(15)22(20)26/h4-11,13H,2-3,12,14H2,1H3,(H,28,30)(H2,27,29,31,34). The highest BCUT2D eigenvalue weighted by Gasteiger charge is 2.15. The van der Waals surface area contributed by atoms with E-state index in [4.69, 9.17) is 21.7 Å². The van der Waals surface area contributed by atoms with E-state index in [1.807, 2.05) is 30.3 Å². The fourth-order valence-electron chi connectivity index (χ4n) is 2.96. The molecule has 3 rings (SSSR count). The molecule has 7 nitrogen and oxygen atoms in total. The first-order valence-electron chi connectivity index (χ1n) is 10.5. The zero-order valence-corrected chi connectivity index (χ0v) is 22.3. The number of ether oxygens (including phenoxy) is 2. The van der Waals surface area contributed by atoms with Crippen molar-refractivity contribution in [2.45, 2.75) is 19.8 Å². The van der Waals surface area contributed by atoms with E-state index in [0.29, 0.717) is 23.7 Å². The fraction of sp³-hybridized carbons (Fsp3) is 0.208. The van der Waals surface area contributed by atoms with Crippen LogP contribution >= 0.6 is 44.1 Å². The van der Waals surface area contributed by atoms with Crippen LogP contribution in [0.2, 0.25) is 0 Å². The molecule has 0 bridgehead atoms. The van der Waals surface area contributed by atoms with Gasteiger partial charge in [0.1, 0.15) is 11.5 Å². The lowest BCUT2D eigenvalue weighted by molar-refractivity contribution is -0.123. The number of nitrogens with one attached hydrogen (secondary N) is 3. The van der Waals surface area contributed by atoms with Crippen LogP contribution in [0.25, 0.3) is 10.8 Å². The van der Waals surface area contributed by atoms with Crippen molar-refractivity contribution in [1.82, 2.24) is 16.2 Å². The maximum atomic E-state index is 12.7. The number of carbonyl (C=O) groups is 2. The topological polar surface area (TPSA) is 88.7 Å². The third kappa shape index (κ3) is 7.15. The molecule has 3 N–H and O–H groups in total. The van der Waals surface area contributed by atoms with Crippen LogP contribution < -0.4 is 25.6 Å². The van der Waals surface area contributed by atoms with Gasteiger partial charge in [-0.3, -0.25) is 25.8 Å². The van der Waals surface area contributed by atoms with E-state index in [9.17, 15) is 9.59 Å². The molecule has 0 unspecified atom stereocenters. The summed E-state index contributed by atoms with van der Waals surface area (Å²) in [5.41, 5.74) is 5.24. The molecule has 0 heterocycles. The first-order chi connectivity index (χ1) is 16.4. The third-order valence-corrected chi connectivity index (χ3v) is 6.19. The summed E-state index contributed by atoms with van der Waals surface area (Å²) in [6, 6.07) is 16.7. The average Bonchev–Trinajstić information content (AvgIpc) is 2.83. The number of rotatable bonds is 8. The Hall–Kier alpha value is -2.69. The zero-order valence-electron chi connectivity index (χ0n) is 18.3. The van der Waals surface area contributed by atoms with Crippen LogP contribution in [0.5, 0.6) is 11.5 Å². The number of hydrogen-bond donors (Lipinski definition) is 3. The minimum Gasteiger partial charge on any atom is -0.493 e. The van der Waals surface area contributed by atoms with Gasteiger partial charge in [-0.25, -0.2) is 0 Å². The fourth-order valence-corrected chi connectivity index (χ4v) is 4.08. The van der Waals surface area contributed by atoms with Crippen molar-refractivity contribution in [2.24, 2.45) is 0 Å². The van der Waals surface area contributed by atoms with Crippen LogP contribution in [-0.2, 0) is 4.79 Å². The minimum absolute atomic E-state index is 0.0651. The molecule has 0 saturated heterocycles. The summed E-state index contributed by atoms with van der Waals surface area (Å²) in [6.45, 7) is 2.31. The number of amides is 2. The van der Waals surface area contributed by atoms with Crippen molar-refractivity contribution >= 4 is 71.8 Å². The normalized spacial score (nSPS) is 10.4. The molecular weight excluding hydrogens is 586 g/mol. The van der Waals surface area contributed by atoms with Crippen LogP contribution in [-0.4, -0.2) is 30.1 Å². The van der Waals surface area contributed by atoms with Gasteiger partial charge in [0.2, 0.25) is 0 Å². The number of benzene rings is 3. The Labute approximate surface area is 219 Å². The Kier molecular flexibility index (Phi) is 9.67. The Morgan fingerprint density at radius 3 is 2.53 bits per heavy atom. The molecule has 0 aromatic heterocycles.